The molecule has 0 spiro atoms. The minimum Gasteiger partial charge on any atom is -0.289 e. The number of allylic oxidation sites excluding steroid dienone is 1. The summed E-state index contributed by atoms with van der Waals surface area (Å²) >= 11 is 12.1. The van der Waals surface area contributed by atoms with E-state index in [1.54, 1.807) is 6.08 Å². The Balaban J connectivity index is 1.68. The van der Waals surface area contributed by atoms with Crippen LogP contribution in [0.3, 0.4) is 0 Å². The molecule has 1 unspecified atom stereocenters. The van der Waals surface area contributed by atoms with E-state index in [1.165, 1.54) is 0 Å². The van der Waals surface area contributed by atoms with E-state index in [-0.39, 0.29) is 11.7 Å². The minimum atomic E-state index is -0.597. The normalized spacial score (nSPS) is 19.6. The lowest BCUT2D eigenvalue weighted by Crippen LogP contribution is -1.93. The maximum atomic E-state index is 12.0. The third kappa shape index (κ3) is 3.37. The molecule has 0 amide bonds. The molecule has 0 bridgehead atoms. The molecule has 21 heavy (non-hydrogen) atoms. The van der Waals surface area contributed by atoms with Crippen LogP contribution in [0, 0.1) is 0 Å². The molecule has 1 fully saturated rings. The second kappa shape index (κ2) is 5.67. The summed E-state index contributed by atoms with van der Waals surface area (Å²) in [6, 6.07) is 17.2. The average Bonchev–Trinajstić information content (AvgIpc) is 3.15. The minimum absolute atomic E-state index is 0.00222. The zero-order valence-electron chi connectivity index (χ0n) is 11.3. The Hall–Kier alpha value is -1.57. The standard InChI is InChI=1S/C18H14Cl2O/c19-18(20)12-16(18)14-9-6-13(7-10-14)8-11-17(21)15-4-2-1-3-5-15/h1-11,16H,12H2/b11-8+. The molecule has 1 aliphatic rings. The molecule has 3 rings (SSSR count). The highest BCUT2D eigenvalue weighted by Gasteiger charge is 2.52. The Morgan fingerprint density at radius 2 is 1.67 bits per heavy atom. The first-order valence-corrected chi connectivity index (χ1v) is 7.57. The molecule has 0 saturated heterocycles. The fraction of sp³-hybridized carbons (Fsp3) is 0.167. The summed E-state index contributed by atoms with van der Waals surface area (Å²) in [4.78, 5) is 12.0. The van der Waals surface area contributed by atoms with Crippen molar-refractivity contribution in [2.75, 3.05) is 0 Å². The van der Waals surface area contributed by atoms with Crippen molar-refractivity contribution < 1.29 is 4.79 Å². The maximum Gasteiger partial charge on any atom is 0.185 e. The molecule has 106 valence electrons. The van der Waals surface area contributed by atoms with Crippen LogP contribution in [0.25, 0.3) is 6.08 Å². The van der Waals surface area contributed by atoms with E-state index in [0.29, 0.717) is 5.56 Å². The highest BCUT2D eigenvalue weighted by atomic mass is 35.5. The van der Waals surface area contributed by atoms with E-state index < -0.39 is 4.33 Å². The molecule has 0 aromatic heterocycles. The summed E-state index contributed by atoms with van der Waals surface area (Å²) in [7, 11) is 0. The summed E-state index contributed by atoms with van der Waals surface area (Å²) in [6.07, 6.45) is 4.22. The van der Waals surface area contributed by atoms with Gasteiger partial charge in [0.25, 0.3) is 0 Å². The van der Waals surface area contributed by atoms with Crippen molar-refractivity contribution in [2.24, 2.45) is 0 Å². The van der Waals surface area contributed by atoms with Gasteiger partial charge in [-0.25, -0.2) is 0 Å². The summed E-state index contributed by atoms with van der Waals surface area (Å²) in [5, 5.41) is 0. The third-order valence-electron chi connectivity index (χ3n) is 3.65. The van der Waals surface area contributed by atoms with Crippen LogP contribution in [0.5, 0.6) is 0 Å². The van der Waals surface area contributed by atoms with E-state index in [9.17, 15) is 4.79 Å². The molecule has 1 nitrogen and oxygen atoms in total. The highest BCUT2D eigenvalue weighted by molar-refractivity contribution is 6.51. The Bertz CT molecular complexity index is 672. The highest BCUT2D eigenvalue weighted by Crippen LogP contribution is 2.59. The molecule has 1 aliphatic carbocycles. The van der Waals surface area contributed by atoms with E-state index in [1.807, 2.05) is 60.7 Å². The predicted octanol–water partition coefficient (Wildman–Crippen LogP) is 5.24. The molecule has 0 N–H and O–H groups in total. The first-order valence-electron chi connectivity index (χ1n) is 6.81. The first kappa shape index (κ1) is 14.4. The molecule has 1 atom stereocenters. The van der Waals surface area contributed by atoms with Crippen LogP contribution in [-0.4, -0.2) is 10.1 Å². The molecule has 2 aromatic carbocycles. The molecule has 0 aliphatic heterocycles. The topological polar surface area (TPSA) is 17.1 Å². The van der Waals surface area contributed by atoms with Crippen molar-refractivity contribution >= 4 is 35.1 Å². The van der Waals surface area contributed by atoms with E-state index >= 15 is 0 Å². The number of carbonyl (C=O) groups excluding carboxylic acids is 1. The zero-order valence-corrected chi connectivity index (χ0v) is 12.8. The van der Waals surface area contributed by atoms with Crippen molar-refractivity contribution in [3.63, 3.8) is 0 Å². The molecule has 0 radical (unpaired) electrons. The van der Waals surface area contributed by atoms with Crippen LogP contribution in [0.1, 0.15) is 33.8 Å². The van der Waals surface area contributed by atoms with E-state index in [0.717, 1.165) is 17.5 Å². The molecule has 3 heteroatoms. The zero-order chi connectivity index (χ0) is 14.9. The number of carbonyl (C=O) groups is 1. The maximum absolute atomic E-state index is 12.0. The van der Waals surface area contributed by atoms with Gasteiger partial charge in [-0.1, -0.05) is 60.7 Å². The fourth-order valence-electron chi connectivity index (χ4n) is 2.28. The molecule has 0 heterocycles. The van der Waals surface area contributed by atoms with Gasteiger partial charge < -0.3 is 0 Å². The van der Waals surface area contributed by atoms with Crippen molar-refractivity contribution in [1.82, 2.24) is 0 Å². The van der Waals surface area contributed by atoms with Gasteiger partial charge in [0.05, 0.1) is 0 Å². The first-order chi connectivity index (χ1) is 10.1. The second-order valence-electron chi connectivity index (χ2n) is 5.25. The van der Waals surface area contributed by atoms with Crippen molar-refractivity contribution in [2.45, 2.75) is 16.7 Å². The summed E-state index contributed by atoms with van der Waals surface area (Å²) in [5.74, 6) is 0.229. The number of hydrogen-bond donors (Lipinski definition) is 0. The summed E-state index contributed by atoms with van der Waals surface area (Å²) in [6.45, 7) is 0. The summed E-state index contributed by atoms with van der Waals surface area (Å²) in [5.41, 5.74) is 2.82. The number of halogens is 2. The van der Waals surface area contributed by atoms with E-state index in [2.05, 4.69) is 0 Å². The van der Waals surface area contributed by atoms with Gasteiger partial charge >= 0.3 is 0 Å². The predicted molar refractivity (Wildman–Crippen MR) is 88.0 cm³/mol. The smallest absolute Gasteiger partial charge is 0.185 e. The second-order valence-corrected chi connectivity index (χ2v) is 6.79. The van der Waals surface area contributed by atoms with Crippen LogP contribution < -0.4 is 0 Å². The molecule has 1 saturated carbocycles. The third-order valence-corrected chi connectivity index (χ3v) is 4.49. The Morgan fingerprint density at radius 3 is 2.24 bits per heavy atom. The number of hydrogen-bond acceptors (Lipinski definition) is 1. The molecule has 2 aromatic rings. The van der Waals surface area contributed by atoms with Gasteiger partial charge in [-0.2, -0.15) is 0 Å². The van der Waals surface area contributed by atoms with Crippen LogP contribution in [-0.2, 0) is 0 Å². The average molecular weight is 317 g/mol. The molecular weight excluding hydrogens is 303 g/mol. The summed E-state index contributed by atoms with van der Waals surface area (Å²) < 4.78 is -0.597. The van der Waals surface area contributed by atoms with E-state index in [4.69, 9.17) is 23.2 Å². The van der Waals surface area contributed by atoms with Crippen LogP contribution in [0.15, 0.2) is 60.7 Å². The van der Waals surface area contributed by atoms with Crippen LogP contribution in [0.4, 0.5) is 0 Å². The number of alkyl halides is 2. The number of rotatable bonds is 4. The molecular formula is C18H14Cl2O. The Kier molecular flexibility index (Phi) is 3.88. The quantitative estimate of drug-likeness (QED) is 0.428. The monoisotopic (exact) mass is 316 g/mol. The van der Waals surface area contributed by atoms with Gasteiger partial charge in [-0.05, 0) is 23.6 Å². The Morgan fingerprint density at radius 1 is 1.05 bits per heavy atom. The lowest BCUT2D eigenvalue weighted by molar-refractivity contribution is 0.104. The Labute approximate surface area is 134 Å². The van der Waals surface area contributed by atoms with Gasteiger partial charge in [0.2, 0.25) is 0 Å². The lowest BCUT2D eigenvalue weighted by atomic mass is 10.1. The largest absolute Gasteiger partial charge is 0.289 e. The fourth-order valence-corrected chi connectivity index (χ4v) is 2.85. The van der Waals surface area contributed by atoms with Crippen LogP contribution in [0.2, 0.25) is 0 Å². The van der Waals surface area contributed by atoms with Gasteiger partial charge in [-0.3, -0.25) is 4.79 Å². The van der Waals surface area contributed by atoms with Gasteiger partial charge in [0, 0.05) is 11.5 Å². The number of ketones is 1. The van der Waals surface area contributed by atoms with Crippen molar-refractivity contribution in [1.29, 1.82) is 0 Å². The van der Waals surface area contributed by atoms with Crippen molar-refractivity contribution in [3.05, 3.63) is 77.4 Å². The van der Waals surface area contributed by atoms with Gasteiger partial charge in [0.15, 0.2) is 5.78 Å². The van der Waals surface area contributed by atoms with Crippen LogP contribution >= 0.6 is 23.2 Å². The van der Waals surface area contributed by atoms with Crippen molar-refractivity contribution in [3.8, 4) is 0 Å². The number of benzene rings is 2. The SMILES string of the molecule is O=C(/C=C/c1ccc(C2CC2(Cl)Cl)cc1)c1ccccc1. The lowest BCUT2D eigenvalue weighted by Gasteiger charge is -2.01. The van der Waals surface area contributed by atoms with Gasteiger partial charge in [0.1, 0.15) is 4.33 Å². The van der Waals surface area contributed by atoms with Gasteiger partial charge in [-0.15, -0.1) is 23.2 Å².